The van der Waals surface area contributed by atoms with Crippen LogP contribution in [0.25, 0.3) is 0 Å². The van der Waals surface area contributed by atoms with Crippen molar-refractivity contribution in [3.63, 3.8) is 0 Å². The van der Waals surface area contributed by atoms with Crippen LogP contribution in [0.4, 0.5) is 0 Å². The molecule has 0 aliphatic heterocycles. The number of carbonyl (C=O) groups is 1. The van der Waals surface area contributed by atoms with Gasteiger partial charge in [0.25, 0.3) is 5.91 Å². The lowest BCUT2D eigenvalue weighted by Gasteiger charge is -2.22. The summed E-state index contributed by atoms with van der Waals surface area (Å²) in [4.78, 5) is 14.6. The molecule has 0 radical (unpaired) electrons. The van der Waals surface area contributed by atoms with E-state index in [2.05, 4.69) is 5.16 Å². The molecule has 6 nitrogen and oxygen atoms in total. The van der Waals surface area contributed by atoms with Crippen molar-refractivity contribution in [2.75, 3.05) is 14.2 Å². The summed E-state index contributed by atoms with van der Waals surface area (Å²) < 4.78 is 15.7. The Hall–Kier alpha value is -2.50. The minimum Gasteiger partial charge on any atom is -0.497 e. The van der Waals surface area contributed by atoms with Crippen LogP contribution in [0.15, 0.2) is 28.8 Å². The summed E-state index contributed by atoms with van der Waals surface area (Å²) in [5.41, 5.74) is 1.25. The maximum absolute atomic E-state index is 12.7. The maximum Gasteiger partial charge on any atom is 0.276 e. The van der Waals surface area contributed by atoms with Crippen LogP contribution in [0.5, 0.6) is 11.5 Å². The molecule has 1 aromatic heterocycles. The van der Waals surface area contributed by atoms with E-state index in [4.69, 9.17) is 14.0 Å². The maximum atomic E-state index is 12.7. The van der Waals surface area contributed by atoms with Crippen molar-refractivity contribution >= 4 is 5.91 Å². The number of hydrogen-bond acceptors (Lipinski definition) is 5. The Labute approximate surface area is 135 Å². The van der Waals surface area contributed by atoms with Gasteiger partial charge in [-0.25, -0.2) is 0 Å². The van der Waals surface area contributed by atoms with E-state index in [1.54, 1.807) is 27.2 Å². The number of amides is 1. The highest BCUT2D eigenvalue weighted by atomic mass is 16.5. The Morgan fingerprint density at radius 1 is 1.30 bits per heavy atom. The van der Waals surface area contributed by atoms with Crippen LogP contribution in [-0.2, 0) is 6.54 Å². The van der Waals surface area contributed by atoms with Crippen molar-refractivity contribution in [1.29, 1.82) is 0 Å². The highest BCUT2D eigenvalue weighted by molar-refractivity contribution is 5.92. The fourth-order valence-corrected chi connectivity index (χ4v) is 2.56. The summed E-state index contributed by atoms with van der Waals surface area (Å²) >= 11 is 0. The van der Waals surface area contributed by atoms with E-state index in [-0.39, 0.29) is 11.9 Å². The van der Waals surface area contributed by atoms with Crippen molar-refractivity contribution < 1.29 is 18.8 Å². The molecule has 1 fully saturated rings. The van der Waals surface area contributed by atoms with E-state index in [1.165, 1.54) is 0 Å². The molecule has 0 saturated heterocycles. The summed E-state index contributed by atoms with van der Waals surface area (Å²) in [6.45, 7) is 2.23. The number of hydrogen-bond donors (Lipinski definition) is 0. The first kappa shape index (κ1) is 15.4. The second-order valence-electron chi connectivity index (χ2n) is 5.66. The highest BCUT2D eigenvalue weighted by Crippen LogP contribution is 2.33. The van der Waals surface area contributed by atoms with Gasteiger partial charge in [-0.1, -0.05) is 5.16 Å². The zero-order valence-corrected chi connectivity index (χ0v) is 13.5. The number of methoxy groups -OCH3 is 2. The molecule has 0 unspecified atom stereocenters. The van der Waals surface area contributed by atoms with Crippen LogP contribution in [0.2, 0.25) is 0 Å². The molecular formula is C17H20N2O4. The van der Waals surface area contributed by atoms with E-state index in [1.807, 2.05) is 23.1 Å². The Morgan fingerprint density at radius 2 is 2.09 bits per heavy atom. The van der Waals surface area contributed by atoms with Gasteiger partial charge in [-0.05, 0) is 38.0 Å². The quantitative estimate of drug-likeness (QED) is 0.820. The van der Waals surface area contributed by atoms with Crippen LogP contribution in [0, 0.1) is 6.92 Å². The van der Waals surface area contributed by atoms with Gasteiger partial charge < -0.3 is 18.9 Å². The zero-order valence-electron chi connectivity index (χ0n) is 13.5. The van der Waals surface area contributed by atoms with Gasteiger partial charge in [-0.15, -0.1) is 0 Å². The number of carbonyl (C=O) groups excluding carboxylic acids is 1. The van der Waals surface area contributed by atoms with Gasteiger partial charge in [0.2, 0.25) is 0 Å². The molecular weight excluding hydrogens is 296 g/mol. The number of nitrogens with zero attached hydrogens (tertiary/aromatic N) is 2. The second-order valence-corrected chi connectivity index (χ2v) is 5.66. The lowest BCUT2D eigenvalue weighted by Crippen LogP contribution is -2.33. The van der Waals surface area contributed by atoms with Gasteiger partial charge in [-0.3, -0.25) is 4.79 Å². The van der Waals surface area contributed by atoms with Crippen molar-refractivity contribution in [2.24, 2.45) is 0 Å². The number of aromatic nitrogens is 1. The molecule has 6 heteroatoms. The molecule has 0 N–H and O–H groups in total. The lowest BCUT2D eigenvalue weighted by molar-refractivity contribution is 0.0718. The molecule has 1 aromatic carbocycles. The third-order valence-electron chi connectivity index (χ3n) is 3.92. The predicted octanol–water partition coefficient (Wildman–Crippen LogP) is 2.81. The summed E-state index contributed by atoms with van der Waals surface area (Å²) in [6, 6.07) is 7.50. The normalized spacial score (nSPS) is 13.7. The van der Waals surface area contributed by atoms with E-state index >= 15 is 0 Å². The third-order valence-corrected chi connectivity index (χ3v) is 3.92. The number of benzene rings is 1. The number of rotatable bonds is 6. The van der Waals surface area contributed by atoms with Gasteiger partial charge in [-0.2, -0.15) is 0 Å². The van der Waals surface area contributed by atoms with E-state index in [9.17, 15) is 4.79 Å². The smallest absolute Gasteiger partial charge is 0.276 e. The third kappa shape index (κ3) is 3.31. The van der Waals surface area contributed by atoms with Crippen LogP contribution in [0.3, 0.4) is 0 Å². The molecule has 1 aliphatic rings. The van der Waals surface area contributed by atoms with Crippen LogP contribution >= 0.6 is 0 Å². The van der Waals surface area contributed by atoms with Crippen LogP contribution in [0.1, 0.15) is 34.7 Å². The average molecular weight is 316 g/mol. The predicted molar refractivity (Wildman–Crippen MR) is 83.7 cm³/mol. The van der Waals surface area contributed by atoms with E-state index in [0.717, 1.165) is 29.9 Å². The molecule has 1 heterocycles. The summed E-state index contributed by atoms with van der Waals surface area (Å²) in [6.07, 6.45) is 2.02. The van der Waals surface area contributed by atoms with Crippen LogP contribution in [-0.4, -0.2) is 36.2 Å². The minimum atomic E-state index is -0.116. The Morgan fingerprint density at radius 3 is 2.65 bits per heavy atom. The standard InChI is InChI=1S/C17H20N2O4/c1-11-8-15(18-23-11)17(20)19(13-4-5-13)10-12-9-14(21-2)6-7-16(12)22-3/h6-9,13H,4-5,10H2,1-3H3. The summed E-state index contributed by atoms with van der Waals surface area (Å²) in [5.74, 6) is 1.99. The average Bonchev–Trinajstić information content (AvgIpc) is 3.32. The van der Waals surface area contributed by atoms with Gasteiger partial charge in [0.1, 0.15) is 17.3 Å². The molecule has 3 rings (SSSR count). The Bertz CT molecular complexity index is 706. The number of ether oxygens (including phenoxy) is 2. The van der Waals surface area contributed by atoms with Crippen molar-refractivity contribution in [3.8, 4) is 11.5 Å². The van der Waals surface area contributed by atoms with Crippen LogP contribution < -0.4 is 9.47 Å². The van der Waals surface area contributed by atoms with Gasteiger partial charge in [0, 0.05) is 17.7 Å². The summed E-state index contributed by atoms with van der Waals surface area (Å²) in [7, 11) is 3.24. The molecule has 0 bridgehead atoms. The molecule has 0 spiro atoms. The van der Waals surface area contributed by atoms with E-state index < -0.39 is 0 Å². The molecule has 1 aliphatic carbocycles. The molecule has 1 amide bonds. The van der Waals surface area contributed by atoms with Crippen molar-refractivity contribution in [1.82, 2.24) is 10.1 Å². The summed E-state index contributed by atoms with van der Waals surface area (Å²) in [5, 5.41) is 3.84. The second kappa shape index (κ2) is 6.32. The van der Waals surface area contributed by atoms with Gasteiger partial charge in [0.05, 0.1) is 20.8 Å². The van der Waals surface area contributed by atoms with E-state index in [0.29, 0.717) is 18.0 Å². The first-order valence-electron chi connectivity index (χ1n) is 7.57. The zero-order chi connectivity index (χ0) is 16.4. The number of aryl methyl sites for hydroxylation is 1. The first-order chi connectivity index (χ1) is 11.1. The molecule has 2 aromatic rings. The highest BCUT2D eigenvalue weighted by Gasteiger charge is 2.34. The van der Waals surface area contributed by atoms with Crippen molar-refractivity contribution in [2.45, 2.75) is 32.4 Å². The molecule has 1 saturated carbocycles. The minimum absolute atomic E-state index is 0.116. The monoisotopic (exact) mass is 316 g/mol. The van der Waals surface area contributed by atoms with Gasteiger partial charge >= 0.3 is 0 Å². The van der Waals surface area contributed by atoms with Gasteiger partial charge in [0.15, 0.2) is 5.69 Å². The SMILES string of the molecule is COc1ccc(OC)c(CN(C(=O)c2cc(C)on2)C2CC2)c1. The first-order valence-corrected chi connectivity index (χ1v) is 7.57. The Balaban J connectivity index is 1.87. The van der Waals surface area contributed by atoms with Crippen molar-refractivity contribution in [3.05, 3.63) is 41.3 Å². The topological polar surface area (TPSA) is 64.8 Å². The molecule has 0 atom stereocenters. The lowest BCUT2D eigenvalue weighted by atomic mass is 10.1. The fourth-order valence-electron chi connectivity index (χ4n) is 2.56. The fraction of sp³-hybridized carbons (Fsp3) is 0.412. The molecule has 122 valence electrons. The largest absolute Gasteiger partial charge is 0.497 e. The Kier molecular flexibility index (Phi) is 4.23. The molecule has 23 heavy (non-hydrogen) atoms.